The van der Waals surface area contributed by atoms with Crippen LogP contribution in [-0.4, -0.2) is 37.3 Å². The number of rotatable bonds is 4. The van der Waals surface area contributed by atoms with Crippen LogP contribution >= 0.6 is 0 Å². The van der Waals surface area contributed by atoms with Crippen LogP contribution in [0.1, 0.15) is 47.7 Å². The molecule has 3 heterocycles. The first kappa shape index (κ1) is 15.3. The number of aryl methyl sites for hydroxylation is 4. The van der Waals surface area contributed by atoms with E-state index >= 15 is 0 Å². The lowest BCUT2D eigenvalue weighted by molar-refractivity contribution is 0.323. The molecule has 120 valence electrons. The van der Waals surface area contributed by atoms with Gasteiger partial charge in [-0.15, -0.1) is 0 Å². The second kappa shape index (κ2) is 5.88. The van der Waals surface area contributed by atoms with Gasteiger partial charge in [-0.1, -0.05) is 0 Å². The topological polar surface area (TPSA) is 38.9 Å². The number of aromatic nitrogens is 4. The molecule has 1 saturated heterocycles. The molecule has 5 nitrogen and oxygen atoms in total. The van der Waals surface area contributed by atoms with Crippen LogP contribution < -0.4 is 0 Å². The number of hydrogen-bond donors (Lipinski definition) is 0. The molecular formula is C17H27N5. The van der Waals surface area contributed by atoms with Gasteiger partial charge in [-0.2, -0.15) is 5.10 Å². The lowest BCUT2D eigenvalue weighted by atomic mass is 10.1. The molecule has 0 radical (unpaired) electrons. The van der Waals surface area contributed by atoms with Crippen LogP contribution in [0.4, 0.5) is 0 Å². The SMILES string of the molecule is CCn1nc(C)c(CN2CC[C@@H](c3nc(C)cn3C)C2)c1C. The van der Waals surface area contributed by atoms with E-state index in [-0.39, 0.29) is 0 Å². The Kier molecular flexibility index (Phi) is 4.08. The summed E-state index contributed by atoms with van der Waals surface area (Å²) < 4.78 is 4.30. The fourth-order valence-corrected chi connectivity index (χ4v) is 3.70. The second-order valence-electron chi connectivity index (χ2n) is 6.54. The molecule has 0 amide bonds. The Morgan fingerprint density at radius 2 is 2.05 bits per heavy atom. The molecule has 0 aromatic carbocycles. The van der Waals surface area contributed by atoms with E-state index in [9.17, 15) is 0 Å². The van der Waals surface area contributed by atoms with E-state index in [2.05, 4.69) is 60.2 Å². The Morgan fingerprint density at radius 3 is 2.64 bits per heavy atom. The van der Waals surface area contributed by atoms with Gasteiger partial charge in [0.15, 0.2) is 0 Å². The third kappa shape index (κ3) is 2.70. The van der Waals surface area contributed by atoms with Crippen LogP contribution in [0.5, 0.6) is 0 Å². The van der Waals surface area contributed by atoms with Crippen molar-refractivity contribution in [1.82, 2.24) is 24.2 Å². The highest BCUT2D eigenvalue weighted by Gasteiger charge is 2.28. The Hall–Kier alpha value is -1.62. The predicted octanol–water partition coefficient (Wildman–Crippen LogP) is 2.55. The van der Waals surface area contributed by atoms with E-state index in [4.69, 9.17) is 4.98 Å². The Labute approximate surface area is 133 Å². The smallest absolute Gasteiger partial charge is 0.113 e. The number of nitrogens with zero attached hydrogens (tertiary/aromatic N) is 5. The zero-order valence-electron chi connectivity index (χ0n) is 14.4. The molecule has 1 fully saturated rings. The van der Waals surface area contributed by atoms with Crippen LogP contribution in [0.2, 0.25) is 0 Å². The molecular weight excluding hydrogens is 274 g/mol. The van der Waals surface area contributed by atoms with E-state index in [1.54, 1.807) is 0 Å². The normalized spacial score (nSPS) is 19.2. The van der Waals surface area contributed by atoms with Crippen molar-refractivity contribution in [3.8, 4) is 0 Å². The molecule has 2 aromatic heterocycles. The van der Waals surface area contributed by atoms with Gasteiger partial charge in [0, 0.05) is 50.1 Å². The van der Waals surface area contributed by atoms with Gasteiger partial charge >= 0.3 is 0 Å². The summed E-state index contributed by atoms with van der Waals surface area (Å²) in [5.74, 6) is 1.79. The Morgan fingerprint density at radius 1 is 1.27 bits per heavy atom. The third-order valence-electron chi connectivity index (χ3n) is 4.88. The number of imidazole rings is 1. The lowest BCUT2D eigenvalue weighted by Crippen LogP contribution is -2.21. The molecule has 2 aromatic rings. The third-order valence-corrected chi connectivity index (χ3v) is 4.88. The van der Waals surface area contributed by atoms with Crippen LogP contribution in [-0.2, 0) is 20.1 Å². The van der Waals surface area contributed by atoms with E-state index < -0.39 is 0 Å². The van der Waals surface area contributed by atoms with Crippen molar-refractivity contribution in [3.05, 3.63) is 34.7 Å². The molecule has 0 unspecified atom stereocenters. The molecule has 3 rings (SSSR count). The van der Waals surface area contributed by atoms with Gasteiger partial charge in [0.1, 0.15) is 5.82 Å². The quantitative estimate of drug-likeness (QED) is 0.871. The minimum Gasteiger partial charge on any atom is -0.337 e. The van der Waals surface area contributed by atoms with Gasteiger partial charge in [-0.25, -0.2) is 4.98 Å². The Bertz CT molecular complexity index is 667. The average Bonchev–Trinajstić information content (AvgIpc) is 3.13. The summed E-state index contributed by atoms with van der Waals surface area (Å²) in [4.78, 5) is 7.25. The Balaban J connectivity index is 1.71. The highest BCUT2D eigenvalue weighted by molar-refractivity contribution is 5.24. The van der Waals surface area contributed by atoms with Crippen molar-refractivity contribution in [1.29, 1.82) is 0 Å². The summed E-state index contributed by atoms with van der Waals surface area (Å²) in [5, 5.41) is 4.64. The summed E-state index contributed by atoms with van der Waals surface area (Å²) >= 11 is 0. The van der Waals surface area contributed by atoms with Gasteiger partial charge < -0.3 is 4.57 Å². The van der Waals surface area contributed by atoms with Gasteiger partial charge in [0.05, 0.1) is 11.4 Å². The lowest BCUT2D eigenvalue weighted by Gasteiger charge is -2.16. The number of hydrogen-bond acceptors (Lipinski definition) is 3. The fraction of sp³-hybridized carbons (Fsp3) is 0.647. The average molecular weight is 301 g/mol. The first-order valence-electron chi connectivity index (χ1n) is 8.24. The van der Waals surface area contributed by atoms with E-state index in [1.165, 1.54) is 29.2 Å². The molecule has 1 aliphatic rings. The molecule has 0 saturated carbocycles. The first-order valence-corrected chi connectivity index (χ1v) is 8.24. The van der Waals surface area contributed by atoms with E-state index in [0.29, 0.717) is 5.92 Å². The maximum atomic E-state index is 4.71. The monoisotopic (exact) mass is 301 g/mol. The van der Waals surface area contributed by atoms with Crippen molar-refractivity contribution in [3.63, 3.8) is 0 Å². The molecule has 22 heavy (non-hydrogen) atoms. The molecule has 1 atom stereocenters. The zero-order chi connectivity index (χ0) is 15.9. The second-order valence-corrected chi connectivity index (χ2v) is 6.54. The summed E-state index contributed by atoms with van der Waals surface area (Å²) in [6.07, 6.45) is 3.32. The van der Waals surface area contributed by atoms with Gasteiger partial charge in [-0.05, 0) is 40.7 Å². The van der Waals surface area contributed by atoms with Crippen LogP contribution in [0.15, 0.2) is 6.20 Å². The minimum atomic E-state index is 0.556. The summed E-state index contributed by atoms with van der Waals surface area (Å²) in [6, 6.07) is 0. The van der Waals surface area contributed by atoms with Crippen molar-refractivity contribution in [2.45, 2.75) is 53.1 Å². The van der Waals surface area contributed by atoms with Gasteiger partial charge in [0.25, 0.3) is 0 Å². The highest BCUT2D eigenvalue weighted by Crippen LogP contribution is 2.28. The fourth-order valence-electron chi connectivity index (χ4n) is 3.70. The van der Waals surface area contributed by atoms with Crippen LogP contribution in [0.3, 0.4) is 0 Å². The van der Waals surface area contributed by atoms with Crippen molar-refractivity contribution < 1.29 is 0 Å². The zero-order valence-corrected chi connectivity index (χ0v) is 14.4. The molecule has 0 bridgehead atoms. The summed E-state index contributed by atoms with van der Waals surface area (Å²) in [5.41, 5.74) is 5.01. The van der Waals surface area contributed by atoms with E-state index in [0.717, 1.165) is 31.9 Å². The van der Waals surface area contributed by atoms with Gasteiger partial charge in [-0.3, -0.25) is 9.58 Å². The molecule has 5 heteroatoms. The van der Waals surface area contributed by atoms with Crippen molar-refractivity contribution in [2.75, 3.05) is 13.1 Å². The van der Waals surface area contributed by atoms with Gasteiger partial charge in [0.2, 0.25) is 0 Å². The summed E-state index contributed by atoms with van der Waals surface area (Å²) in [7, 11) is 2.11. The first-order chi connectivity index (χ1) is 10.5. The predicted molar refractivity (Wildman–Crippen MR) is 88.0 cm³/mol. The van der Waals surface area contributed by atoms with Crippen LogP contribution in [0, 0.1) is 20.8 Å². The molecule has 0 spiro atoms. The minimum absolute atomic E-state index is 0.556. The number of likely N-dealkylation sites (tertiary alicyclic amines) is 1. The molecule has 0 aliphatic carbocycles. The molecule has 0 N–H and O–H groups in total. The summed E-state index contributed by atoms with van der Waals surface area (Å²) in [6.45, 7) is 12.7. The maximum absolute atomic E-state index is 4.71. The maximum Gasteiger partial charge on any atom is 0.113 e. The van der Waals surface area contributed by atoms with Crippen molar-refractivity contribution in [2.24, 2.45) is 7.05 Å². The standard InChI is InChI=1S/C17H27N5/c1-6-22-14(4)16(13(3)19-22)11-21-8-7-15(10-21)17-18-12(2)9-20(17)5/h9,15H,6-8,10-11H2,1-5H3/t15-/m1/s1. The van der Waals surface area contributed by atoms with Crippen molar-refractivity contribution >= 4 is 0 Å². The largest absolute Gasteiger partial charge is 0.337 e. The molecule has 1 aliphatic heterocycles. The van der Waals surface area contributed by atoms with Crippen LogP contribution in [0.25, 0.3) is 0 Å². The highest BCUT2D eigenvalue weighted by atomic mass is 15.3. The van der Waals surface area contributed by atoms with E-state index in [1.807, 2.05) is 0 Å².